The lowest BCUT2D eigenvalue weighted by Gasteiger charge is -2.26. The number of rotatable bonds is 3. The molecule has 0 saturated carbocycles. The van der Waals surface area contributed by atoms with Crippen molar-refractivity contribution in [2.45, 2.75) is 38.5 Å². The predicted octanol–water partition coefficient (Wildman–Crippen LogP) is 1.77. The van der Waals surface area contributed by atoms with E-state index in [0.29, 0.717) is 0 Å². The number of nitrogens with zero attached hydrogens (tertiary/aromatic N) is 2. The number of amides is 1. The number of aromatic nitrogens is 2. The number of halogens is 3. The van der Waals surface area contributed by atoms with Gasteiger partial charge in [0.25, 0.3) is 0 Å². The first kappa shape index (κ1) is 14.8. The molecule has 112 valence electrons. The standard InChI is InChI=1S/C12H17F3N4O/c1-8-6-9(2-4-16-8)11(20)17-10-3-5-19(18-10)7-12(13,14)15/h3,5,8-9,16H,2,4,6-7H2,1H3,(H,17,18,20)/t8-,9-/m0/s1. The zero-order chi connectivity index (χ0) is 14.8. The Bertz CT molecular complexity index is 472. The minimum absolute atomic E-state index is 0.126. The van der Waals surface area contributed by atoms with E-state index in [1.54, 1.807) is 0 Å². The molecule has 0 aliphatic carbocycles. The van der Waals surface area contributed by atoms with Gasteiger partial charge in [-0.05, 0) is 26.3 Å². The van der Waals surface area contributed by atoms with E-state index in [0.717, 1.165) is 24.1 Å². The lowest BCUT2D eigenvalue weighted by atomic mass is 9.92. The summed E-state index contributed by atoms with van der Waals surface area (Å²) in [4.78, 5) is 12.0. The number of hydrogen-bond donors (Lipinski definition) is 2. The van der Waals surface area contributed by atoms with Crippen LogP contribution in [0.25, 0.3) is 0 Å². The second-order valence-electron chi connectivity index (χ2n) is 5.08. The molecule has 2 rings (SSSR count). The molecule has 0 spiro atoms. The number of alkyl halides is 3. The molecule has 1 aromatic heterocycles. The summed E-state index contributed by atoms with van der Waals surface area (Å²) in [7, 11) is 0. The van der Waals surface area contributed by atoms with Crippen LogP contribution < -0.4 is 10.6 Å². The fourth-order valence-electron chi connectivity index (χ4n) is 2.30. The molecular formula is C12H17F3N4O. The Hall–Kier alpha value is -1.57. The molecule has 0 radical (unpaired) electrons. The molecule has 8 heteroatoms. The molecule has 0 unspecified atom stereocenters. The van der Waals surface area contributed by atoms with E-state index in [9.17, 15) is 18.0 Å². The SMILES string of the molecule is C[C@H]1C[C@@H](C(=O)Nc2ccn(CC(F)(F)F)n2)CCN1. The quantitative estimate of drug-likeness (QED) is 0.892. The third kappa shape index (κ3) is 4.22. The first-order valence-corrected chi connectivity index (χ1v) is 6.48. The predicted molar refractivity (Wildman–Crippen MR) is 67.1 cm³/mol. The Balaban J connectivity index is 1.91. The third-order valence-corrected chi connectivity index (χ3v) is 3.23. The van der Waals surface area contributed by atoms with Crippen molar-refractivity contribution in [1.82, 2.24) is 15.1 Å². The topological polar surface area (TPSA) is 59.0 Å². The maximum Gasteiger partial charge on any atom is 0.408 e. The van der Waals surface area contributed by atoms with E-state index in [-0.39, 0.29) is 23.7 Å². The van der Waals surface area contributed by atoms with Gasteiger partial charge in [0.05, 0.1) is 0 Å². The number of carbonyl (C=O) groups is 1. The first-order valence-electron chi connectivity index (χ1n) is 6.48. The summed E-state index contributed by atoms with van der Waals surface area (Å²) < 4.78 is 37.3. The van der Waals surface area contributed by atoms with E-state index in [1.807, 2.05) is 6.92 Å². The highest BCUT2D eigenvalue weighted by atomic mass is 19.4. The van der Waals surface area contributed by atoms with Crippen molar-refractivity contribution in [1.29, 1.82) is 0 Å². The van der Waals surface area contributed by atoms with E-state index in [4.69, 9.17) is 0 Å². The van der Waals surface area contributed by atoms with E-state index in [1.165, 1.54) is 12.3 Å². The van der Waals surface area contributed by atoms with Crippen molar-refractivity contribution in [3.8, 4) is 0 Å². The molecule has 1 saturated heterocycles. The molecule has 1 amide bonds. The summed E-state index contributed by atoms with van der Waals surface area (Å²) in [6, 6.07) is 1.64. The molecule has 2 atom stereocenters. The van der Waals surface area contributed by atoms with Crippen LogP contribution >= 0.6 is 0 Å². The summed E-state index contributed by atoms with van der Waals surface area (Å²) in [5.74, 6) is -0.153. The summed E-state index contributed by atoms with van der Waals surface area (Å²) >= 11 is 0. The Kier molecular flexibility index (Phi) is 4.32. The van der Waals surface area contributed by atoms with Crippen LogP contribution in [0.4, 0.5) is 19.0 Å². The van der Waals surface area contributed by atoms with E-state index < -0.39 is 12.7 Å². The van der Waals surface area contributed by atoms with Gasteiger partial charge in [0.1, 0.15) is 6.54 Å². The Morgan fingerprint density at radius 2 is 2.35 bits per heavy atom. The second kappa shape index (κ2) is 5.82. The minimum Gasteiger partial charge on any atom is -0.314 e. The number of carbonyl (C=O) groups excluding carboxylic acids is 1. The molecule has 5 nitrogen and oxygen atoms in total. The van der Waals surface area contributed by atoms with Gasteiger partial charge in [-0.2, -0.15) is 18.3 Å². The highest BCUT2D eigenvalue weighted by molar-refractivity contribution is 5.91. The smallest absolute Gasteiger partial charge is 0.314 e. The first-order chi connectivity index (χ1) is 9.33. The molecule has 1 aliphatic rings. The number of hydrogen-bond acceptors (Lipinski definition) is 3. The number of piperidine rings is 1. The lowest BCUT2D eigenvalue weighted by Crippen LogP contribution is -2.40. The van der Waals surface area contributed by atoms with Crippen molar-refractivity contribution in [2.24, 2.45) is 5.92 Å². The van der Waals surface area contributed by atoms with Crippen LogP contribution in [0.1, 0.15) is 19.8 Å². The van der Waals surface area contributed by atoms with Gasteiger partial charge in [-0.3, -0.25) is 9.48 Å². The number of nitrogens with one attached hydrogen (secondary N) is 2. The normalized spacial score (nSPS) is 23.6. The van der Waals surface area contributed by atoms with Crippen LogP contribution in [0.2, 0.25) is 0 Å². The zero-order valence-electron chi connectivity index (χ0n) is 11.1. The fourth-order valence-corrected chi connectivity index (χ4v) is 2.30. The molecule has 1 aliphatic heterocycles. The van der Waals surface area contributed by atoms with Crippen LogP contribution in [0.5, 0.6) is 0 Å². The molecule has 0 aromatic carbocycles. The molecule has 1 fully saturated rings. The van der Waals surface area contributed by atoms with Gasteiger partial charge in [0.15, 0.2) is 5.82 Å². The average Bonchev–Trinajstić information content (AvgIpc) is 2.74. The van der Waals surface area contributed by atoms with Crippen molar-refractivity contribution in [3.63, 3.8) is 0 Å². The second-order valence-corrected chi connectivity index (χ2v) is 5.08. The largest absolute Gasteiger partial charge is 0.408 e. The summed E-state index contributed by atoms with van der Waals surface area (Å²) in [5, 5.41) is 9.51. The minimum atomic E-state index is -4.32. The van der Waals surface area contributed by atoms with Crippen LogP contribution in [0.3, 0.4) is 0 Å². The Morgan fingerprint density at radius 1 is 1.60 bits per heavy atom. The maximum atomic E-state index is 12.2. The van der Waals surface area contributed by atoms with Gasteiger partial charge >= 0.3 is 6.18 Å². The van der Waals surface area contributed by atoms with E-state index in [2.05, 4.69) is 15.7 Å². The lowest BCUT2D eigenvalue weighted by molar-refractivity contribution is -0.142. The van der Waals surface area contributed by atoms with Crippen LogP contribution in [0, 0.1) is 5.92 Å². The van der Waals surface area contributed by atoms with Crippen LogP contribution in [-0.2, 0) is 11.3 Å². The maximum absolute atomic E-state index is 12.2. The van der Waals surface area contributed by atoms with E-state index >= 15 is 0 Å². The Morgan fingerprint density at radius 3 is 3.00 bits per heavy atom. The molecule has 1 aromatic rings. The van der Waals surface area contributed by atoms with Crippen molar-refractivity contribution >= 4 is 11.7 Å². The Labute approximate surface area is 114 Å². The van der Waals surface area contributed by atoms with Crippen molar-refractivity contribution in [2.75, 3.05) is 11.9 Å². The average molecular weight is 290 g/mol. The zero-order valence-corrected chi connectivity index (χ0v) is 11.1. The highest BCUT2D eigenvalue weighted by Gasteiger charge is 2.29. The molecule has 2 heterocycles. The summed E-state index contributed by atoms with van der Waals surface area (Å²) in [6.45, 7) is 1.60. The number of anilines is 1. The molecule has 20 heavy (non-hydrogen) atoms. The monoisotopic (exact) mass is 290 g/mol. The van der Waals surface area contributed by atoms with Gasteiger partial charge < -0.3 is 10.6 Å². The molecule has 0 bridgehead atoms. The fraction of sp³-hybridized carbons (Fsp3) is 0.667. The van der Waals surface area contributed by atoms with Crippen LogP contribution in [0.15, 0.2) is 12.3 Å². The van der Waals surface area contributed by atoms with Crippen molar-refractivity contribution in [3.05, 3.63) is 12.3 Å². The van der Waals surface area contributed by atoms with Gasteiger partial charge in [-0.15, -0.1) is 0 Å². The van der Waals surface area contributed by atoms with Crippen LogP contribution in [-0.4, -0.2) is 34.5 Å². The van der Waals surface area contributed by atoms with Crippen molar-refractivity contribution < 1.29 is 18.0 Å². The van der Waals surface area contributed by atoms with Gasteiger partial charge in [0, 0.05) is 24.2 Å². The van der Waals surface area contributed by atoms with Gasteiger partial charge in [0.2, 0.25) is 5.91 Å². The summed E-state index contributed by atoms with van der Waals surface area (Å²) in [6.07, 6.45) is -1.68. The molecule has 2 N–H and O–H groups in total. The molecular weight excluding hydrogens is 273 g/mol. The third-order valence-electron chi connectivity index (χ3n) is 3.23. The van der Waals surface area contributed by atoms with Gasteiger partial charge in [-0.1, -0.05) is 0 Å². The summed E-state index contributed by atoms with van der Waals surface area (Å²) in [5.41, 5.74) is 0. The highest BCUT2D eigenvalue weighted by Crippen LogP contribution is 2.20. The van der Waals surface area contributed by atoms with Gasteiger partial charge in [-0.25, -0.2) is 0 Å².